The van der Waals surface area contributed by atoms with Crippen LogP contribution in [-0.2, 0) is 16.0 Å². The van der Waals surface area contributed by atoms with Gasteiger partial charge in [-0.25, -0.2) is 8.78 Å². The topological polar surface area (TPSA) is 74.0 Å². The SMILES string of the molecule is O=C(C=Cc1ccc(F)c(Br)c1)NC1(C(=O)NCCc2c[nH]c3ccc(F)cc23)CCCC1. The van der Waals surface area contributed by atoms with Gasteiger partial charge in [-0.15, -0.1) is 0 Å². The molecular formula is C25H24BrF2N3O2. The van der Waals surface area contributed by atoms with E-state index in [1.807, 2.05) is 6.20 Å². The third-order valence-corrected chi connectivity index (χ3v) is 6.64. The summed E-state index contributed by atoms with van der Waals surface area (Å²) in [6, 6.07) is 9.03. The first-order chi connectivity index (χ1) is 15.9. The lowest BCUT2D eigenvalue weighted by Gasteiger charge is -2.28. The van der Waals surface area contributed by atoms with E-state index >= 15 is 0 Å². The van der Waals surface area contributed by atoms with E-state index in [-0.39, 0.29) is 23.4 Å². The van der Waals surface area contributed by atoms with Crippen molar-refractivity contribution in [2.75, 3.05) is 6.54 Å². The Morgan fingerprint density at radius 2 is 1.91 bits per heavy atom. The fraction of sp³-hybridized carbons (Fsp3) is 0.280. The van der Waals surface area contributed by atoms with Gasteiger partial charge in [0.15, 0.2) is 0 Å². The van der Waals surface area contributed by atoms with Crippen molar-refractivity contribution < 1.29 is 18.4 Å². The van der Waals surface area contributed by atoms with Crippen molar-refractivity contribution in [3.8, 4) is 0 Å². The lowest BCUT2D eigenvalue weighted by Crippen LogP contribution is -2.57. The molecule has 0 spiro atoms. The second kappa shape index (κ2) is 9.87. The molecule has 172 valence electrons. The van der Waals surface area contributed by atoms with Crippen molar-refractivity contribution in [1.82, 2.24) is 15.6 Å². The Hall–Kier alpha value is -3.00. The van der Waals surface area contributed by atoms with Crippen LogP contribution in [-0.4, -0.2) is 28.9 Å². The molecule has 3 N–H and O–H groups in total. The number of H-pyrrole nitrogens is 1. The number of fused-ring (bicyclic) bond motifs is 1. The Balaban J connectivity index is 1.37. The fourth-order valence-corrected chi connectivity index (χ4v) is 4.69. The van der Waals surface area contributed by atoms with Gasteiger partial charge in [-0.3, -0.25) is 9.59 Å². The Morgan fingerprint density at radius 1 is 1.12 bits per heavy atom. The molecular weight excluding hydrogens is 492 g/mol. The summed E-state index contributed by atoms with van der Waals surface area (Å²) in [5, 5.41) is 6.63. The minimum Gasteiger partial charge on any atom is -0.361 e. The second-order valence-corrected chi connectivity index (χ2v) is 9.15. The van der Waals surface area contributed by atoms with Crippen molar-refractivity contribution in [2.45, 2.75) is 37.6 Å². The van der Waals surface area contributed by atoms with E-state index in [0.29, 0.717) is 35.8 Å². The Morgan fingerprint density at radius 3 is 2.67 bits per heavy atom. The minimum absolute atomic E-state index is 0.211. The van der Waals surface area contributed by atoms with Gasteiger partial charge < -0.3 is 15.6 Å². The van der Waals surface area contributed by atoms with Crippen LogP contribution in [0.1, 0.15) is 36.8 Å². The average molecular weight is 516 g/mol. The van der Waals surface area contributed by atoms with Crippen LogP contribution >= 0.6 is 15.9 Å². The molecule has 1 aliphatic rings. The fourth-order valence-electron chi connectivity index (χ4n) is 4.29. The molecule has 4 rings (SSSR count). The van der Waals surface area contributed by atoms with Gasteiger partial charge in [0, 0.05) is 29.7 Å². The molecule has 0 saturated heterocycles. The predicted octanol–water partition coefficient (Wildman–Crippen LogP) is 5.01. The number of nitrogens with one attached hydrogen (secondary N) is 3. The van der Waals surface area contributed by atoms with E-state index in [1.165, 1.54) is 24.3 Å². The number of hydrogen-bond donors (Lipinski definition) is 3. The van der Waals surface area contributed by atoms with Gasteiger partial charge in [-0.05, 0) is 82.7 Å². The Labute approximate surface area is 198 Å². The molecule has 1 aromatic heterocycles. The first-order valence-corrected chi connectivity index (χ1v) is 11.6. The van der Waals surface area contributed by atoms with Crippen LogP contribution in [0.3, 0.4) is 0 Å². The predicted molar refractivity (Wildman–Crippen MR) is 127 cm³/mol. The van der Waals surface area contributed by atoms with Crippen molar-refractivity contribution in [1.29, 1.82) is 0 Å². The lowest BCUT2D eigenvalue weighted by atomic mass is 9.96. The lowest BCUT2D eigenvalue weighted by molar-refractivity contribution is -0.131. The maximum absolute atomic E-state index is 13.6. The number of carbonyl (C=O) groups excluding carboxylic acids is 2. The standard InChI is InChI=1S/C25H24BrF2N3O2/c26-20-13-16(3-6-21(20)28)4-8-23(32)31-25(10-1-2-11-25)24(33)29-12-9-17-15-30-22-7-5-18(27)14-19(17)22/h3-8,13-15,30H,1-2,9-12H2,(H,29,33)(H,31,32). The summed E-state index contributed by atoms with van der Waals surface area (Å²) in [5.74, 6) is -1.27. The van der Waals surface area contributed by atoms with Gasteiger partial charge >= 0.3 is 0 Å². The highest BCUT2D eigenvalue weighted by molar-refractivity contribution is 9.10. The van der Waals surface area contributed by atoms with Crippen LogP contribution in [0.15, 0.2) is 53.1 Å². The van der Waals surface area contributed by atoms with Gasteiger partial charge in [0.1, 0.15) is 17.2 Å². The molecule has 0 bridgehead atoms. The molecule has 2 amide bonds. The van der Waals surface area contributed by atoms with Crippen LogP contribution in [0.25, 0.3) is 17.0 Å². The summed E-state index contributed by atoms with van der Waals surface area (Å²) < 4.78 is 27.3. The van der Waals surface area contributed by atoms with Crippen molar-refractivity contribution in [2.24, 2.45) is 0 Å². The number of hydrogen-bond acceptors (Lipinski definition) is 2. The van der Waals surface area contributed by atoms with Crippen molar-refractivity contribution >= 4 is 44.7 Å². The summed E-state index contributed by atoms with van der Waals surface area (Å²) in [6.07, 6.45) is 8.13. The molecule has 1 aliphatic carbocycles. The number of amides is 2. The first kappa shape index (κ1) is 23.2. The highest BCUT2D eigenvalue weighted by Gasteiger charge is 2.41. The van der Waals surface area contributed by atoms with Crippen molar-refractivity contribution in [3.05, 3.63) is 75.9 Å². The summed E-state index contributed by atoms with van der Waals surface area (Å²) in [7, 11) is 0. The highest BCUT2D eigenvalue weighted by Crippen LogP contribution is 2.30. The maximum atomic E-state index is 13.6. The zero-order valence-electron chi connectivity index (χ0n) is 17.9. The molecule has 5 nitrogen and oxygen atoms in total. The second-order valence-electron chi connectivity index (χ2n) is 8.30. The normalized spacial score (nSPS) is 15.2. The molecule has 0 unspecified atom stereocenters. The Bertz CT molecular complexity index is 1220. The van der Waals surface area contributed by atoms with Gasteiger partial charge in [0.2, 0.25) is 11.8 Å². The van der Waals surface area contributed by atoms with Crippen LogP contribution in [0.5, 0.6) is 0 Å². The van der Waals surface area contributed by atoms with E-state index in [4.69, 9.17) is 0 Å². The molecule has 1 heterocycles. The van der Waals surface area contributed by atoms with E-state index in [0.717, 1.165) is 29.3 Å². The summed E-state index contributed by atoms with van der Waals surface area (Å²) >= 11 is 3.12. The van der Waals surface area contributed by atoms with Crippen LogP contribution in [0.4, 0.5) is 8.78 Å². The summed E-state index contributed by atoms with van der Waals surface area (Å²) in [6.45, 7) is 0.374. The van der Waals surface area contributed by atoms with E-state index in [1.54, 1.807) is 24.3 Å². The zero-order chi connectivity index (χ0) is 23.4. The third-order valence-electron chi connectivity index (χ3n) is 6.03. The average Bonchev–Trinajstić information content (AvgIpc) is 3.42. The van der Waals surface area contributed by atoms with E-state index < -0.39 is 5.54 Å². The van der Waals surface area contributed by atoms with Gasteiger partial charge in [-0.1, -0.05) is 18.9 Å². The van der Waals surface area contributed by atoms with Gasteiger partial charge in [-0.2, -0.15) is 0 Å². The van der Waals surface area contributed by atoms with Crippen LogP contribution in [0.2, 0.25) is 0 Å². The molecule has 1 saturated carbocycles. The van der Waals surface area contributed by atoms with E-state index in [9.17, 15) is 18.4 Å². The maximum Gasteiger partial charge on any atom is 0.245 e. The third kappa shape index (κ3) is 5.33. The number of aromatic amines is 1. The van der Waals surface area contributed by atoms with Crippen molar-refractivity contribution in [3.63, 3.8) is 0 Å². The largest absolute Gasteiger partial charge is 0.361 e. The number of aromatic nitrogens is 1. The van der Waals surface area contributed by atoms with Crippen LogP contribution < -0.4 is 10.6 Å². The van der Waals surface area contributed by atoms with Gasteiger partial charge in [0.05, 0.1) is 4.47 Å². The quantitative estimate of drug-likeness (QED) is 0.387. The number of benzene rings is 2. The highest BCUT2D eigenvalue weighted by atomic mass is 79.9. The number of carbonyl (C=O) groups is 2. The molecule has 2 aromatic carbocycles. The summed E-state index contributed by atoms with van der Waals surface area (Å²) in [5.41, 5.74) is 1.48. The molecule has 0 atom stereocenters. The molecule has 33 heavy (non-hydrogen) atoms. The Kier molecular flexibility index (Phi) is 6.93. The number of halogens is 3. The summed E-state index contributed by atoms with van der Waals surface area (Å²) in [4.78, 5) is 28.7. The monoisotopic (exact) mass is 515 g/mol. The number of rotatable bonds is 7. The van der Waals surface area contributed by atoms with Crippen LogP contribution in [0, 0.1) is 11.6 Å². The molecule has 1 fully saturated rings. The zero-order valence-corrected chi connectivity index (χ0v) is 19.5. The molecule has 0 aliphatic heterocycles. The first-order valence-electron chi connectivity index (χ1n) is 10.9. The molecule has 8 heteroatoms. The minimum atomic E-state index is -0.947. The van der Waals surface area contributed by atoms with Gasteiger partial charge in [0.25, 0.3) is 0 Å². The smallest absolute Gasteiger partial charge is 0.245 e. The molecule has 0 radical (unpaired) electrons. The van der Waals surface area contributed by atoms with E-state index in [2.05, 4.69) is 31.5 Å². The molecule has 3 aromatic rings.